The van der Waals surface area contributed by atoms with Gasteiger partial charge >= 0.3 is 0 Å². The van der Waals surface area contributed by atoms with Crippen molar-refractivity contribution in [3.05, 3.63) is 28.3 Å². The Hall–Kier alpha value is -0.730. The fraction of sp³-hybridized carbons (Fsp3) is 0.538. The molecule has 90 valence electrons. The molecule has 0 saturated carbocycles. The van der Waals surface area contributed by atoms with Crippen LogP contribution in [0.15, 0.2) is 12.1 Å². The van der Waals surface area contributed by atoms with E-state index in [-0.39, 0.29) is 6.04 Å². The van der Waals surface area contributed by atoms with Crippen molar-refractivity contribution in [3.8, 4) is 5.75 Å². The Morgan fingerprint density at radius 3 is 2.69 bits per heavy atom. The van der Waals surface area contributed by atoms with E-state index in [0.717, 1.165) is 35.6 Å². The predicted molar refractivity (Wildman–Crippen MR) is 69.3 cm³/mol. The van der Waals surface area contributed by atoms with Crippen molar-refractivity contribution in [2.75, 3.05) is 7.11 Å². The van der Waals surface area contributed by atoms with Crippen LogP contribution in [-0.4, -0.2) is 13.2 Å². The van der Waals surface area contributed by atoms with Crippen LogP contribution in [0, 0.1) is 6.92 Å². The molecule has 1 aromatic carbocycles. The van der Waals surface area contributed by atoms with Gasteiger partial charge in [-0.05, 0) is 56.4 Å². The van der Waals surface area contributed by atoms with Crippen LogP contribution in [0.5, 0.6) is 5.75 Å². The van der Waals surface area contributed by atoms with Crippen LogP contribution in [0.2, 0.25) is 5.02 Å². The third-order valence-electron chi connectivity index (χ3n) is 2.67. The first kappa shape index (κ1) is 13.3. The van der Waals surface area contributed by atoms with Gasteiger partial charge in [-0.1, -0.05) is 11.6 Å². The second-order valence-electron chi connectivity index (χ2n) is 4.28. The summed E-state index contributed by atoms with van der Waals surface area (Å²) in [5.41, 5.74) is 7.94. The fourth-order valence-electron chi connectivity index (χ4n) is 1.70. The molecule has 0 aliphatic rings. The van der Waals surface area contributed by atoms with Crippen molar-refractivity contribution in [1.82, 2.24) is 0 Å². The first-order valence-electron chi connectivity index (χ1n) is 5.63. The van der Waals surface area contributed by atoms with Crippen LogP contribution in [0.4, 0.5) is 0 Å². The lowest BCUT2D eigenvalue weighted by Gasteiger charge is -2.11. The van der Waals surface area contributed by atoms with E-state index in [1.807, 2.05) is 26.0 Å². The summed E-state index contributed by atoms with van der Waals surface area (Å²) in [7, 11) is 1.69. The SMILES string of the molecule is COc1cc(C)c(Cl)cc1CCCC(C)N. The smallest absolute Gasteiger partial charge is 0.122 e. The minimum Gasteiger partial charge on any atom is -0.496 e. The van der Waals surface area contributed by atoms with Crippen molar-refractivity contribution in [2.24, 2.45) is 5.73 Å². The zero-order valence-corrected chi connectivity index (χ0v) is 11.0. The average Bonchev–Trinajstić information content (AvgIpc) is 2.22. The maximum atomic E-state index is 6.10. The van der Waals surface area contributed by atoms with Crippen molar-refractivity contribution < 1.29 is 4.74 Å². The molecular weight excluding hydrogens is 222 g/mol. The number of halogens is 1. The van der Waals surface area contributed by atoms with Gasteiger partial charge in [0.05, 0.1) is 7.11 Å². The summed E-state index contributed by atoms with van der Waals surface area (Å²) in [5.74, 6) is 0.923. The lowest BCUT2D eigenvalue weighted by Crippen LogP contribution is -2.14. The molecule has 3 heteroatoms. The molecule has 2 nitrogen and oxygen atoms in total. The van der Waals surface area contributed by atoms with Crippen LogP contribution < -0.4 is 10.5 Å². The van der Waals surface area contributed by atoms with E-state index < -0.39 is 0 Å². The third kappa shape index (κ3) is 3.69. The molecule has 1 aromatic rings. The second kappa shape index (κ2) is 6.12. The van der Waals surface area contributed by atoms with Crippen molar-refractivity contribution >= 4 is 11.6 Å². The van der Waals surface area contributed by atoms with Crippen LogP contribution in [0.3, 0.4) is 0 Å². The molecule has 0 fully saturated rings. The van der Waals surface area contributed by atoms with E-state index in [1.54, 1.807) is 7.11 Å². The average molecular weight is 242 g/mol. The molecule has 0 aliphatic heterocycles. The zero-order valence-electron chi connectivity index (χ0n) is 10.2. The highest BCUT2D eigenvalue weighted by molar-refractivity contribution is 6.31. The minimum atomic E-state index is 0.256. The lowest BCUT2D eigenvalue weighted by molar-refractivity contribution is 0.408. The molecule has 2 N–H and O–H groups in total. The quantitative estimate of drug-likeness (QED) is 0.858. The van der Waals surface area contributed by atoms with E-state index in [2.05, 4.69) is 0 Å². The lowest BCUT2D eigenvalue weighted by atomic mass is 10.0. The molecule has 0 spiro atoms. The minimum absolute atomic E-state index is 0.256. The highest BCUT2D eigenvalue weighted by atomic mass is 35.5. The molecule has 0 aliphatic carbocycles. The van der Waals surface area contributed by atoms with E-state index in [4.69, 9.17) is 22.1 Å². The van der Waals surface area contributed by atoms with Crippen molar-refractivity contribution in [1.29, 1.82) is 0 Å². The first-order valence-corrected chi connectivity index (χ1v) is 6.01. The number of nitrogens with two attached hydrogens (primary N) is 1. The molecule has 0 radical (unpaired) electrons. The summed E-state index contributed by atoms with van der Waals surface area (Å²) in [4.78, 5) is 0. The van der Waals surface area contributed by atoms with Gasteiger partial charge in [-0.2, -0.15) is 0 Å². The Balaban J connectivity index is 2.74. The summed E-state index contributed by atoms with van der Waals surface area (Å²) in [5, 5.41) is 0.802. The van der Waals surface area contributed by atoms with Crippen LogP contribution in [-0.2, 0) is 6.42 Å². The van der Waals surface area contributed by atoms with Crippen LogP contribution in [0.1, 0.15) is 30.9 Å². The summed E-state index contributed by atoms with van der Waals surface area (Å²) >= 11 is 6.10. The van der Waals surface area contributed by atoms with Gasteiger partial charge in [0.1, 0.15) is 5.75 Å². The second-order valence-corrected chi connectivity index (χ2v) is 4.69. The number of rotatable bonds is 5. The molecule has 0 saturated heterocycles. The highest BCUT2D eigenvalue weighted by Crippen LogP contribution is 2.27. The maximum absolute atomic E-state index is 6.10. The monoisotopic (exact) mass is 241 g/mol. The van der Waals surface area contributed by atoms with Gasteiger partial charge in [-0.3, -0.25) is 0 Å². The molecule has 0 heterocycles. The van der Waals surface area contributed by atoms with Gasteiger partial charge in [0.25, 0.3) is 0 Å². The maximum Gasteiger partial charge on any atom is 0.122 e. The standard InChI is InChI=1S/C13H20ClNO/c1-9-7-13(16-3)11(8-12(9)14)6-4-5-10(2)15/h7-8,10H,4-6,15H2,1-3H3. The van der Waals surface area contributed by atoms with Crippen LogP contribution >= 0.6 is 11.6 Å². The summed E-state index contributed by atoms with van der Waals surface area (Å²) < 4.78 is 5.35. The molecule has 1 unspecified atom stereocenters. The zero-order chi connectivity index (χ0) is 12.1. The third-order valence-corrected chi connectivity index (χ3v) is 3.07. The van der Waals surface area contributed by atoms with Gasteiger partial charge in [-0.25, -0.2) is 0 Å². The molecule has 1 atom stereocenters. The molecule has 0 aromatic heterocycles. The number of aryl methyl sites for hydroxylation is 2. The molecule has 0 amide bonds. The van der Waals surface area contributed by atoms with Crippen LogP contribution in [0.25, 0.3) is 0 Å². The van der Waals surface area contributed by atoms with E-state index in [9.17, 15) is 0 Å². The number of ether oxygens (including phenoxy) is 1. The van der Waals surface area contributed by atoms with E-state index >= 15 is 0 Å². The summed E-state index contributed by atoms with van der Waals surface area (Å²) in [6.07, 6.45) is 3.05. The normalized spacial score (nSPS) is 12.6. The predicted octanol–water partition coefficient (Wildman–Crippen LogP) is 3.33. The Bertz CT molecular complexity index is 350. The van der Waals surface area contributed by atoms with Crippen molar-refractivity contribution in [2.45, 2.75) is 39.2 Å². The Labute approximate surface area is 103 Å². The Morgan fingerprint density at radius 1 is 1.44 bits per heavy atom. The van der Waals surface area contributed by atoms with Gasteiger partial charge in [0.15, 0.2) is 0 Å². The van der Waals surface area contributed by atoms with Gasteiger partial charge < -0.3 is 10.5 Å². The number of benzene rings is 1. The molecule has 1 rings (SSSR count). The molecule has 0 bridgehead atoms. The van der Waals surface area contributed by atoms with Gasteiger partial charge in [-0.15, -0.1) is 0 Å². The molecule has 16 heavy (non-hydrogen) atoms. The van der Waals surface area contributed by atoms with E-state index in [1.165, 1.54) is 5.56 Å². The highest BCUT2D eigenvalue weighted by Gasteiger charge is 2.07. The summed E-state index contributed by atoms with van der Waals surface area (Å²) in [6, 6.07) is 4.24. The number of methoxy groups -OCH3 is 1. The summed E-state index contributed by atoms with van der Waals surface area (Å²) in [6.45, 7) is 4.01. The number of hydrogen-bond acceptors (Lipinski definition) is 2. The van der Waals surface area contributed by atoms with Crippen molar-refractivity contribution in [3.63, 3.8) is 0 Å². The van der Waals surface area contributed by atoms with Gasteiger partial charge in [0, 0.05) is 11.1 Å². The largest absolute Gasteiger partial charge is 0.496 e. The number of hydrogen-bond donors (Lipinski definition) is 1. The van der Waals surface area contributed by atoms with E-state index in [0.29, 0.717) is 0 Å². The topological polar surface area (TPSA) is 35.2 Å². The first-order chi connectivity index (χ1) is 7.54. The Morgan fingerprint density at radius 2 is 2.12 bits per heavy atom. The van der Waals surface area contributed by atoms with Gasteiger partial charge in [0.2, 0.25) is 0 Å². The fourth-order valence-corrected chi connectivity index (χ4v) is 1.88. The Kier molecular flexibility index (Phi) is 5.10. The molecular formula is C13H20ClNO.